The van der Waals surface area contributed by atoms with Crippen molar-refractivity contribution in [2.24, 2.45) is 10.2 Å². The Hall–Kier alpha value is -1.55. The van der Waals surface area contributed by atoms with Gasteiger partial charge < -0.3 is 0 Å². The molecule has 0 fully saturated rings. The van der Waals surface area contributed by atoms with Crippen LogP contribution in [0.25, 0.3) is 0 Å². The van der Waals surface area contributed by atoms with Crippen molar-refractivity contribution in [3.63, 3.8) is 0 Å². The number of rotatable bonds is 2. The first-order valence-electron chi connectivity index (χ1n) is 3.81. The van der Waals surface area contributed by atoms with E-state index in [4.69, 9.17) is 0 Å². The molecule has 4 heteroatoms. The van der Waals surface area contributed by atoms with Crippen molar-refractivity contribution in [3.8, 4) is 0 Å². The van der Waals surface area contributed by atoms with Crippen molar-refractivity contribution >= 4 is 22.2 Å². The summed E-state index contributed by atoms with van der Waals surface area (Å²) in [6.07, 6.45) is 1.70. The van der Waals surface area contributed by atoms with Crippen molar-refractivity contribution in [2.75, 3.05) is 0 Å². The van der Waals surface area contributed by atoms with Gasteiger partial charge in [0.2, 0.25) is 0 Å². The highest BCUT2D eigenvalue weighted by molar-refractivity contribution is 7.13. The second-order valence-corrected chi connectivity index (χ2v) is 3.27. The van der Waals surface area contributed by atoms with Gasteiger partial charge in [-0.3, -0.25) is 0 Å². The molecule has 64 valence electrons. The number of thiophene rings is 1. The van der Waals surface area contributed by atoms with Crippen LogP contribution in [0.4, 0.5) is 10.8 Å². The van der Waals surface area contributed by atoms with Crippen LogP contribution in [0.2, 0.25) is 0 Å². The zero-order valence-corrected chi connectivity index (χ0v) is 7.61. The van der Waals surface area contributed by atoms with E-state index in [1.54, 1.807) is 17.5 Å². The molecule has 3 nitrogen and oxygen atoms in total. The van der Waals surface area contributed by atoms with E-state index in [0.29, 0.717) is 5.82 Å². The van der Waals surface area contributed by atoms with Gasteiger partial charge >= 0.3 is 0 Å². The van der Waals surface area contributed by atoms with E-state index in [9.17, 15) is 0 Å². The molecule has 0 spiro atoms. The van der Waals surface area contributed by atoms with Gasteiger partial charge in [0.25, 0.3) is 0 Å². The summed E-state index contributed by atoms with van der Waals surface area (Å²) in [5.41, 5.74) is 0. The fraction of sp³-hybridized carbons (Fsp3) is 0. The van der Waals surface area contributed by atoms with Crippen LogP contribution in [0.3, 0.4) is 0 Å². The van der Waals surface area contributed by atoms with Gasteiger partial charge in [-0.15, -0.1) is 21.6 Å². The van der Waals surface area contributed by atoms with Crippen LogP contribution >= 0.6 is 11.3 Å². The van der Waals surface area contributed by atoms with E-state index >= 15 is 0 Å². The first-order chi connectivity index (χ1) is 6.45. The second kappa shape index (κ2) is 3.91. The SMILES string of the molecule is c1ccc(N=Nc2cccs2)nc1. The molecule has 0 atom stereocenters. The monoisotopic (exact) mass is 189 g/mol. The van der Waals surface area contributed by atoms with E-state index in [1.807, 2.05) is 35.7 Å². The van der Waals surface area contributed by atoms with Crippen LogP contribution in [0.15, 0.2) is 52.1 Å². The van der Waals surface area contributed by atoms with Crippen molar-refractivity contribution in [2.45, 2.75) is 0 Å². The normalized spacial score (nSPS) is 10.8. The lowest BCUT2D eigenvalue weighted by atomic mass is 10.5. The zero-order valence-electron chi connectivity index (χ0n) is 6.79. The maximum atomic E-state index is 4.02. The summed E-state index contributed by atoms with van der Waals surface area (Å²) in [5.74, 6) is 0.635. The first-order valence-corrected chi connectivity index (χ1v) is 4.69. The lowest BCUT2D eigenvalue weighted by molar-refractivity contribution is 1.17. The summed E-state index contributed by atoms with van der Waals surface area (Å²) in [6.45, 7) is 0. The molecule has 2 rings (SSSR count). The predicted octanol–water partition coefficient (Wildman–Crippen LogP) is 3.56. The van der Waals surface area contributed by atoms with Crippen LogP contribution in [-0.2, 0) is 0 Å². The Bertz CT molecular complexity index is 381. The molecule has 0 N–H and O–H groups in total. The molecule has 0 aliphatic carbocycles. The fourth-order valence-corrected chi connectivity index (χ4v) is 1.38. The van der Waals surface area contributed by atoms with Gasteiger partial charge in [0, 0.05) is 6.20 Å². The molecule has 13 heavy (non-hydrogen) atoms. The largest absolute Gasteiger partial charge is 0.236 e. The van der Waals surface area contributed by atoms with Gasteiger partial charge in [0.05, 0.1) is 0 Å². The summed E-state index contributed by atoms with van der Waals surface area (Å²) in [7, 11) is 0. The first kappa shape index (κ1) is 8.07. The molecule has 2 aromatic rings. The molecular weight excluding hydrogens is 182 g/mol. The maximum Gasteiger partial charge on any atom is 0.174 e. The Balaban J connectivity index is 2.15. The highest BCUT2D eigenvalue weighted by Gasteiger charge is 1.89. The average molecular weight is 189 g/mol. The highest BCUT2D eigenvalue weighted by Crippen LogP contribution is 2.21. The third-order valence-corrected chi connectivity index (χ3v) is 2.16. The van der Waals surface area contributed by atoms with Crippen molar-refractivity contribution in [3.05, 3.63) is 41.9 Å². The Morgan fingerprint density at radius 1 is 1.08 bits per heavy atom. The third kappa shape index (κ3) is 2.19. The van der Waals surface area contributed by atoms with E-state index in [2.05, 4.69) is 15.2 Å². The van der Waals surface area contributed by atoms with Crippen LogP contribution < -0.4 is 0 Å². The molecule has 2 aromatic heterocycles. The van der Waals surface area contributed by atoms with Crippen LogP contribution in [0.1, 0.15) is 0 Å². The molecule has 0 radical (unpaired) electrons. The lowest BCUT2D eigenvalue weighted by Gasteiger charge is -1.87. The molecule has 0 bridgehead atoms. The number of aromatic nitrogens is 1. The molecule has 0 saturated carbocycles. The minimum atomic E-state index is 0.635. The Labute approximate surface area is 79.8 Å². The fourth-order valence-electron chi connectivity index (χ4n) is 0.840. The molecule has 0 saturated heterocycles. The minimum Gasteiger partial charge on any atom is -0.236 e. The molecule has 0 amide bonds. The second-order valence-electron chi connectivity index (χ2n) is 2.34. The quantitative estimate of drug-likeness (QED) is 0.665. The Morgan fingerprint density at radius 2 is 2.08 bits per heavy atom. The summed E-state index contributed by atoms with van der Waals surface area (Å²) in [5, 5.41) is 10.8. The van der Waals surface area contributed by atoms with Crippen molar-refractivity contribution in [1.29, 1.82) is 0 Å². The average Bonchev–Trinajstić information content (AvgIpc) is 2.69. The Morgan fingerprint density at radius 3 is 2.77 bits per heavy atom. The van der Waals surface area contributed by atoms with E-state index in [1.165, 1.54) is 0 Å². The number of azo groups is 1. The Kier molecular flexibility index (Phi) is 2.43. The maximum absolute atomic E-state index is 4.02. The highest BCUT2D eigenvalue weighted by atomic mass is 32.1. The zero-order chi connectivity index (χ0) is 8.93. The van der Waals surface area contributed by atoms with Gasteiger partial charge in [-0.1, -0.05) is 6.07 Å². The van der Waals surface area contributed by atoms with Crippen LogP contribution in [0.5, 0.6) is 0 Å². The minimum absolute atomic E-state index is 0.635. The molecule has 0 aliphatic heterocycles. The van der Waals surface area contributed by atoms with Crippen molar-refractivity contribution in [1.82, 2.24) is 4.98 Å². The van der Waals surface area contributed by atoms with Gasteiger partial charge in [0.1, 0.15) is 5.00 Å². The molecule has 2 heterocycles. The van der Waals surface area contributed by atoms with E-state index in [-0.39, 0.29) is 0 Å². The summed E-state index contributed by atoms with van der Waals surface area (Å²) in [6, 6.07) is 9.41. The van der Waals surface area contributed by atoms with Gasteiger partial charge in [-0.05, 0) is 29.6 Å². The van der Waals surface area contributed by atoms with Crippen LogP contribution in [0, 0.1) is 0 Å². The summed E-state index contributed by atoms with van der Waals surface area (Å²) >= 11 is 1.55. The number of nitrogens with zero attached hydrogens (tertiary/aromatic N) is 3. The smallest absolute Gasteiger partial charge is 0.174 e. The molecule has 0 unspecified atom stereocenters. The lowest BCUT2D eigenvalue weighted by Crippen LogP contribution is -1.67. The van der Waals surface area contributed by atoms with Crippen LogP contribution in [-0.4, -0.2) is 4.98 Å². The van der Waals surface area contributed by atoms with Crippen molar-refractivity contribution < 1.29 is 0 Å². The third-order valence-electron chi connectivity index (χ3n) is 1.41. The van der Waals surface area contributed by atoms with E-state index in [0.717, 1.165) is 5.00 Å². The number of hydrogen-bond donors (Lipinski definition) is 0. The van der Waals surface area contributed by atoms with Gasteiger partial charge in [-0.2, -0.15) is 0 Å². The van der Waals surface area contributed by atoms with Gasteiger partial charge in [0.15, 0.2) is 5.82 Å². The molecule has 0 aliphatic rings. The topological polar surface area (TPSA) is 37.6 Å². The van der Waals surface area contributed by atoms with Gasteiger partial charge in [-0.25, -0.2) is 4.98 Å². The van der Waals surface area contributed by atoms with E-state index < -0.39 is 0 Å². The molecular formula is C9H7N3S. The number of pyridine rings is 1. The molecule has 0 aromatic carbocycles. The standard InChI is InChI=1S/C9H7N3S/c1-2-6-10-8(4-1)11-12-9-5-3-7-13-9/h1-7H. The summed E-state index contributed by atoms with van der Waals surface area (Å²) in [4.78, 5) is 4.02. The predicted molar refractivity (Wildman–Crippen MR) is 52.7 cm³/mol. The summed E-state index contributed by atoms with van der Waals surface area (Å²) < 4.78 is 0. The number of hydrogen-bond acceptors (Lipinski definition) is 4.